The first-order valence-corrected chi connectivity index (χ1v) is 7.26. The van der Waals surface area contributed by atoms with Crippen LogP contribution in [0.4, 0.5) is 5.69 Å². The molecule has 0 saturated carbocycles. The van der Waals surface area contributed by atoms with Gasteiger partial charge in [-0.05, 0) is 36.4 Å². The summed E-state index contributed by atoms with van der Waals surface area (Å²) in [6.45, 7) is 0.279. The summed E-state index contributed by atoms with van der Waals surface area (Å²) in [6, 6.07) is 14.9. The van der Waals surface area contributed by atoms with Gasteiger partial charge in [0.25, 0.3) is 5.91 Å². The standard InChI is InChI=1S/C18H14N2O3/c1-22-14-8-6-13(7-9-14)20-18(21)15-10-12-4-2-3-5-17(12)23-11-16(15)19-20/h2-10H,11H2,1H3. The molecule has 0 unspecified atom stereocenters. The second-order valence-corrected chi connectivity index (χ2v) is 5.25. The highest BCUT2D eigenvalue weighted by Crippen LogP contribution is 2.31. The van der Waals surface area contributed by atoms with Gasteiger partial charge in [-0.25, -0.2) is 0 Å². The van der Waals surface area contributed by atoms with E-state index in [9.17, 15) is 4.79 Å². The van der Waals surface area contributed by atoms with E-state index >= 15 is 0 Å². The quantitative estimate of drug-likeness (QED) is 0.857. The summed E-state index contributed by atoms with van der Waals surface area (Å²) in [7, 11) is 1.61. The van der Waals surface area contributed by atoms with Crippen molar-refractivity contribution in [1.29, 1.82) is 0 Å². The smallest absolute Gasteiger partial charge is 0.280 e. The zero-order valence-corrected chi connectivity index (χ0v) is 12.5. The van der Waals surface area contributed by atoms with Crippen LogP contribution in [0.2, 0.25) is 0 Å². The van der Waals surface area contributed by atoms with Gasteiger partial charge in [-0.1, -0.05) is 18.2 Å². The number of benzene rings is 2. The molecule has 5 heteroatoms. The summed E-state index contributed by atoms with van der Waals surface area (Å²) in [5.74, 6) is 1.35. The fourth-order valence-electron chi connectivity index (χ4n) is 2.64. The molecule has 0 atom stereocenters. The van der Waals surface area contributed by atoms with Gasteiger partial charge in [0.15, 0.2) is 0 Å². The second kappa shape index (κ2) is 5.28. The molecule has 2 heterocycles. The van der Waals surface area contributed by atoms with E-state index in [-0.39, 0.29) is 12.5 Å². The molecular formula is C18H14N2O3. The molecule has 1 amide bonds. The minimum absolute atomic E-state index is 0.148. The number of carbonyl (C=O) groups is 1. The van der Waals surface area contributed by atoms with Crippen molar-refractivity contribution in [2.24, 2.45) is 5.10 Å². The van der Waals surface area contributed by atoms with Gasteiger partial charge in [-0.2, -0.15) is 10.1 Å². The SMILES string of the molecule is COc1ccc(N2N=C3COc4ccccc4C=C3C2=O)cc1. The lowest BCUT2D eigenvalue weighted by Gasteiger charge is -2.12. The lowest BCUT2D eigenvalue weighted by molar-refractivity contribution is -0.114. The van der Waals surface area contributed by atoms with Crippen LogP contribution in [-0.2, 0) is 4.79 Å². The number of amides is 1. The minimum Gasteiger partial charge on any atom is -0.497 e. The Morgan fingerprint density at radius 2 is 1.91 bits per heavy atom. The van der Waals surface area contributed by atoms with Gasteiger partial charge >= 0.3 is 0 Å². The lowest BCUT2D eigenvalue weighted by Crippen LogP contribution is -2.21. The molecule has 2 aliphatic heterocycles. The largest absolute Gasteiger partial charge is 0.497 e. The summed E-state index contributed by atoms with van der Waals surface area (Å²) in [4.78, 5) is 12.7. The van der Waals surface area contributed by atoms with Crippen molar-refractivity contribution in [2.75, 3.05) is 18.7 Å². The molecule has 0 aliphatic carbocycles. The van der Waals surface area contributed by atoms with Gasteiger partial charge in [0, 0.05) is 5.56 Å². The third-order valence-electron chi connectivity index (χ3n) is 3.85. The van der Waals surface area contributed by atoms with Crippen molar-refractivity contribution >= 4 is 23.4 Å². The zero-order chi connectivity index (χ0) is 15.8. The highest BCUT2D eigenvalue weighted by Gasteiger charge is 2.33. The van der Waals surface area contributed by atoms with E-state index < -0.39 is 0 Å². The number of nitrogens with zero attached hydrogens (tertiary/aromatic N) is 2. The van der Waals surface area contributed by atoms with Crippen molar-refractivity contribution in [3.8, 4) is 11.5 Å². The number of ether oxygens (including phenoxy) is 2. The van der Waals surface area contributed by atoms with Crippen molar-refractivity contribution in [3.63, 3.8) is 0 Å². The van der Waals surface area contributed by atoms with Gasteiger partial charge < -0.3 is 9.47 Å². The number of anilines is 1. The Balaban J connectivity index is 1.71. The first kappa shape index (κ1) is 13.6. The zero-order valence-electron chi connectivity index (χ0n) is 12.5. The topological polar surface area (TPSA) is 51.1 Å². The summed E-state index contributed by atoms with van der Waals surface area (Å²) in [5.41, 5.74) is 2.80. The predicted molar refractivity (Wildman–Crippen MR) is 87.8 cm³/mol. The van der Waals surface area contributed by atoms with Crippen LogP contribution in [0.25, 0.3) is 6.08 Å². The van der Waals surface area contributed by atoms with Gasteiger partial charge in [-0.15, -0.1) is 0 Å². The molecule has 0 N–H and O–H groups in total. The summed E-state index contributed by atoms with van der Waals surface area (Å²) >= 11 is 0. The molecule has 0 aromatic heterocycles. The van der Waals surface area contributed by atoms with Gasteiger partial charge in [0.2, 0.25) is 0 Å². The third kappa shape index (κ3) is 2.26. The molecule has 23 heavy (non-hydrogen) atoms. The predicted octanol–water partition coefficient (Wildman–Crippen LogP) is 2.87. The number of hydrogen-bond acceptors (Lipinski definition) is 4. The molecule has 0 saturated heterocycles. The number of hydrogen-bond donors (Lipinski definition) is 0. The number of fused-ring (bicyclic) bond motifs is 2. The normalized spacial score (nSPS) is 15.9. The van der Waals surface area contributed by atoms with Crippen LogP contribution in [0.1, 0.15) is 5.56 Å². The van der Waals surface area contributed by atoms with Crippen LogP contribution >= 0.6 is 0 Å². The van der Waals surface area contributed by atoms with E-state index in [0.717, 1.165) is 17.1 Å². The van der Waals surface area contributed by atoms with Crippen LogP contribution in [0, 0.1) is 0 Å². The Hall–Kier alpha value is -3.08. The van der Waals surface area contributed by atoms with Crippen LogP contribution in [0.5, 0.6) is 11.5 Å². The maximum absolute atomic E-state index is 12.7. The van der Waals surface area contributed by atoms with E-state index in [4.69, 9.17) is 9.47 Å². The fourth-order valence-corrected chi connectivity index (χ4v) is 2.64. The Morgan fingerprint density at radius 3 is 2.70 bits per heavy atom. The summed E-state index contributed by atoms with van der Waals surface area (Å²) in [6.07, 6.45) is 1.84. The molecule has 114 valence electrons. The molecule has 2 aliphatic rings. The number of hydrazone groups is 1. The third-order valence-corrected chi connectivity index (χ3v) is 3.85. The summed E-state index contributed by atoms with van der Waals surface area (Å²) in [5, 5.41) is 5.83. The summed E-state index contributed by atoms with van der Waals surface area (Å²) < 4.78 is 10.9. The maximum atomic E-state index is 12.7. The molecule has 0 radical (unpaired) electrons. The van der Waals surface area contributed by atoms with Gasteiger partial charge in [0.05, 0.1) is 18.4 Å². The van der Waals surface area contributed by atoms with Crippen molar-refractivity contribution in [3.05, 3.63) is 59.7 Å². The van der Waals surface area contributed by atoms with E-state index in [1.54, 1.807) is 31.4 Å². The van der Waals surface area contributed by atoms with Gasteiger partial charge in [0.1, 0.15) is 23.8 Å². The molecule has 4 rings (SSSR count). The molecule has 5 nitrogen and oxygen atoms in total. The second-order valence-electron chi connectivity index (χ2n) is 5.25. The molecule has 0 spiro atoms. The van der Waals surface area contributed by atoms with E-state index in [1.165, 1.54) is 5.01 Å². The van der Waals surface area contributed by atoms with Crippen LogP contribution in [0.3, 0.4) is 0 Å². The highest BCUT2D eigenvalue weighted by molar-refractivity contribution is 6.33. The maximum Gasteiger partial charge on any atom is 0.280 e. The molecule has 2 aromatic rings. The number of rotatable bonds is 2. The van der Waals surface area contributed by atoms with Crippen LogP contribution in [0.15, 0.2) is 59.2 Å². The average molecular weight is 306 g/mol. The molecular weight excluding hydrogens is 292 g/mol. The van der Waals surface area contributed by atoms with Crippen LogP contribution in [-0.4, -0.2) is 25.3 Å². The Labute approximate surface area is 133 Å². The minimum atomic E-state index is -0.148. The average Bonchev–Trinajstić information content (AvgIpc) is 2.79. The first-order valence-electron chi connectivity index (χ1n) is 7.26. The van der Waals surface area contributed by atoms with Crippen molar-refractivity contribution < 1.29 is 14.3 Å². The van der Waals surface area contributed by atoms with Crippen LogP contribution < -0.4 is 14.5 Å². The molecule has 0 fully saturated rings. The number of carbonyl (C=O) groups excluding carboxylic acids is 1. The number of para-hydroxylation sites is 1. The highest BCUT2D eigenvalue weighted by atomic mass is 16.5. The first-order chi connectivity index (χ1) is 11.3. The Morgan fingerprint density at radius 1 is 1.13 bits per heavy atom. The molecule has 2 aromatic carbocycles. The Kier molecular flexibility index (Phi) is 3.12. The molecule has 0 bridgehead atoms. The van der Waals surface area contributed by atoms with E-state index in [2.05, 4.69) is 5.10 Å². The fraction of sp³-hybridized carbons (Fsp3) is 0.111. The van der Waals surface area contributed by atoms with Gasteiger partial charge in [-0.3, -0.25) is 4.79 Å². The number of methoxy groups -OCH3 is 1. The van der Waals surface area contributed by atoms with E-state index in [1.807, 2.05) is 30.3 Å². The Bertz CT molecular complexity index is 838. The van der Waals surface area contributed by atoms with Crippen molar-refractivity contribution in [2.45, 2.75) is 0 Å². The van der Waals surface area contributed by atoms with Crippen molar-refractivity contribution in [1.82, 2.24) is 0 Å². The monoisotopic (exact) mass is 306 g/mol. The van der Waals surface area contributed by atoms with E-state index in [0.29, 0.717) is 17.0 Å². The lowest BCUT2D eigenvalue weighted by atomic mass is 10.1.